The normalized spacial score (nSPS) is 13.9. The van der Waals surface area contributed by atoms with Crippen molar-refractivity contribution in [2.45, 2.75) is 57.1 Å². The number of amides is 1. The van der Waals surface area contributed by atoms with Crippen LogP contribution in [0.25, 0.3) is 0 Å². The smallest absolute Gasteiger partial charge is 0.244 e. The van der Waals surface area contributed by atoms with Gasteiger partial charge in [0, 0.05) is 0 Å². The Hall–Kier alpha value is -2.36. The number of aliphatic hydroxyl groups is 1. The first-order chi connectivity index (χ1) is 14.7. The molecule has 2 N–H and O–H groups in total. The average Bonchev–Trinajstić information content (AvgIpc) is 3.27. The van der Waals surface area contributed by atoms with Gasteiger partial charge >= 0.3 is 0 Å². The lowest BCUT2D eigenvalue weighted by Crippen LogP contribution is -2.53. The van der Waals surface area contributed by atoms with Crippen LogP contribution in [0.4, 0.5) is 0 Å². The van der Waals surface area contributed by atoms with Gasteiger partial charge in [0.15, 0.2) is 0 Å². The molecule has 0 saturated heterocycles. The Morgan fingerprint density at radius 2 is 1.90 bits per heavy atom. The molecule has 2 rings (SSSR count). The fourth-order valence-corrected chi connectivity index (χ4v) is 4.77. The number of methoxy groups -OCH3 is 1. The first-order valence-corrected chi connectivity index (χ1v) is 11.8. The molecule has 8 nitrogen and oxygen atoms in total. The Balaban J connectivity index is 2.46. The highest BCUT2D eigenvalue weighted by Crippen LogP contribution is 2.25. The summed E-state index contributed by atoms with van der Waals surface area (Å²) in [5, 5.41) is 12.4. The molecule has 1 heterocycles. The molecule has 0 fully saturated rings. The van der Waals surface area contributed by atoms with Crippen molar-refractivity contribution in [1.29, 1.82) is 0 Å². The van der Waals surface area contributed by atoms with Crippen molar-refractivity contribution in [3.8, 4) is 5.75 Å². The van der Waals surface area contributed by atoms with Crippen molar-refractivity contribution in [2.75, 3.05) is 13.7 Å². The summed E-state index contributed by atoms with van der Waals surface area (Å²) in [7, 11) is -2.54. The molecule has 0 saturated carbocycles. The number of sulfonamides is 1. The fraction of sp³-hybridized carbons (Fsp3) is 0.500. The summed E-state index contributed by atoms with van der Waals surface area (Å²) in [6.07, 6.45) is 2.37. The standard InChI is InChI=1S/C22H32N2O6S/c1-5-7-21(22(26)23-20(15-25)16(2)3)24(14-18-8-6-13-30-18)31(27,28)19-11-9-17(29-4)10-12-19/h6,8-13,16,20-21,25H,5,7,14-15H2,1-4H3,(H,23,26)/t20-,21+/m1/s1. The number of nitrogens with zero attached hydrogens (tertiary/aromatic N) is 1. The molecular formula is C22H32N2O6S. The van der Waals surface area contributed by atoms with Gasteiger partial charge < -0.3 is 19.6 Å². The second-order valence-corrected chi connectivity index (χ2v) is 9.54. The highest BCUT2D eigenvalue weighted by molar-refractivity contribution is 7.89. The number of carbonyl (C=O) groups is 1. The third-order valence-corrected chi connectivity index (χ3v) is 6.97. The van der Waals surface area contributed by atoms with Gasteiger partial charge in [0.1, 0.15) is 17.6 Å². The maximum Gasteiger partial charge on any atom is 0.244 e. The van der Waals surface area contributed by atoms with E-state index in [9.17, 15) is 18.3 Å². The molecule has 0 bridgehead atoms. The predicted molar refractivity (Wildman–Crippen MR) is 117 cm³/mol. The molecule has 2 aromatic rings. The summed E-state index contributed by atoms with van der Waals surface area (Å²) in [5.41, 5.74) is 0. The molecule has 0 unspecified atom stereocenters. The second-order valence-electron chi connectivity index (χ2n) is 7.65. The molecule has 0 spiro atoms. The third-order valence-electron chi connectivity index (χ3n) is 5.10. The lowest BCUT2D eigenvalue weighted by atomic mass is 10.0. The number of rotatable bonds is 12. The van der Waals surface area contributed by atoms with Gasteiger partial charge in [-0.3, -0.25) is 4.79 Å². The Morgan fingerprint density at radius 1 is 1.23 bits per heavy atom. The van der Waals surface area contributed by atoms with Gasteiger partial charge in [-0.1, -0.05) is 27.2 Å². The zero-order chi connectivity index (χ0) is 23.0. The monoisotopic (exact) mass is 452 g/mol. The summed E-state index contributed by atoms with van der Waals surface area (Å²) in [4.78, 5) is 13.2. The van der Waals surface area contributed by atoms with Crippen molar-refractivity contribution in [3.63, 3.8) is 0 Å². The fourth-order valence-electron chi connectivity index (χ4n) is 3.18. The molecule has 0 aliphatic heterocycles. The zero-order valence-electron chi connectivity index (χ0n) is 18.4. The predicted octanol–water partition coefficient (Wildman–Crippen LogP) is 2.78. The van der Waals surface area contributed by atoms with E-state index < -0.39 is 28.0 Å². The number of hydrogen-bond acceptors (Lipinski definition) is 6. The van der Waals surface area contributed by atoms with E-state index in [1.165, 1.54) is 29.8 Å². The number of hydrogen-bond donors (Lipinski definition) is 2. The first kappa shape index (κ1) is 24.9. The molecular weight excluding hydrogens is 420 g/mol. The average molecular weight is 453 g/mol. The molecule has 1 aromatic carbocycles. The second kappa shape index (κ2) is 11.3. The summed E-state index contributed by atoms with van der Waals surface area (Å²) in [6, 6.07) is 7.94. The van der Waals surface area contributed by atoms with Crippen LogP contribution in [0.3, 0.4) is 0 Å². The van der Waals surface area contributed by atoms with Crippen molar-refractivity contribution in [2.24, 2.45) is 5.92 Å². The van der Waals surface area contributed by atoms with Crippen molar-refractivity contribution in [3.05, 3.63) is 48.4 Å². The van der Waals surface area contributed by atoms with Crippen LogP contribution in [-0.2, 0) is 21.4 Å². The lowest BCUT2D eigenvalue weighted by molar-refractivity contribution is -0.126. The number of carbonyl (C=O) groups excluding carboxylic acids is 1. The Bertz CT molecular complexity index is 910. The molecule has 31 heavy (non-hydrogen) atoms. The van der Waals surface area contributed by atoms with Crippen LogP contribution in [0, 0.1) is 5.92 Å². The maximum atomic E-state index is 13.6. The van der Waals surface area contributed by atoms with Gasteiger partial charge in [-0.15, -0.1) is 0 Å². The first-order valence-electron chi connectivity index (χ1n) is 10.3. The van der Waals surface area contributed by atoms with E-state index in [1.54, 1.807) is 24.3 Å². The summed E-state index contributed by atoms with van der Waals surface area (Å²) >= 11 is 0. The molecule has 0 aliphatic rings. The minimum atomic E-state index is -4.04. The number of nitrogens with one attached hydrogen (secondary N) is 1. The number of ether oxygens (including phenoxy) is 1. The quantitative estimate of drug-likeness (QED) is 0.513. The van der Waals surface area contributed by atoms with Crippen molar-refractivity contribution < 1.29 is 27.5 Å². The lowest BCUT2D eigenvalue weighted by Gasteiger charge is -2.31. The van der Waals surface area contributed by atoms with Gasteiger partial charge in [-0.2, -0.15) is 4.31 Å². The van der Waals surface area contributed by atoms with Gasteiger partial charge in [0.25, 0.3) is 0 Å². The molecule has 1 aromatic heterocycles. The van der Waals surface area contributed by atoms with E-state index in [-0.39, 0.29) is 24.0 Å². The van der Waals surface area contributed by atoms with Crippen LogP contribution in [0.1, 0.15) is 39.4 Å². The Labute approximate surface area is 184 Å². The van der Waals surface area contributed by atoms with Crippen molar-refractivity contribution in [1.82, 2.24) is 9.62 Å². The van der Waals surface area contributed by atoms with E-state index in [0.29, 0.717) is 24.4 Å². The largest absolute Gasteiger partial charge is 0.497 e. The SMILES string of the molecule is CCC[C@@H](C(=O)N[C@H](CO)C(C)C)N(Cc1ccco1)S(=O)(=O)c1ccc(OC)cc1. The van der Waals surface area contributed by atoms with Crippen LogP contribution in [0.5, 0.6) is 5.75 Å². The molecule has 0 radical (unpaired) electrons. The van der Waals surface area contributed by atoms with E-state index >= 15 is 0 Å². The van der Waals surface area contributed by atoms with Crippen LogP contribution in [0.15, 0.2) is 52.0 Å². The Kier molecular flexibility index (Phi) is 9.09. The number of benzene rings is 1. The summed E-state index contributed by atoms with van der Waals surface area (Å²) in [5.74, 6) is 0.502. The van der Waals surface area contributed by atoms with Gasteiger partial charge in [-0.25, -0.2) is 8.42 Å². The van der Waals surface area contributed by atoms with Crippen LogP contribution < -0.4 is 10.1 Å². The van der Waals surface area contributed by atoms with Crippen LogP contribution in [0.2, 0.25) is 0 Å². The molecule has 172 valence electrons. The summed E-state index contributed by atoms with van der Waals surface area (Å²) < 4.78 is 38.8. The topological polar surface area (TPSA) is 109 Å². The van der Waals surface area contributed by atoms with E-state index in [0.717, 1.165) is 0 Å². The highest BCUT2D eigenvalue weighted by Gasteiger charge is 2.37. The Morgan fingerprint density at radius 3 is 2.39 bits per heavy atom. The molecule has 0 aliphatic carbocycles. The molecule has 1 amide bonds. The number of aliphatic hydroxyl groups excluding tert-OH is 1. The van der Waals surface area contributed by atoms with Gasteiger partial charge in [0.2, 0.25) is 15.9 Å². The molecule has 9 heteroatoms. The van der Waals surface area contributed by atoms with E-state index in [2.05, 4.69) is 5.32 Å². The van der Waals surface area contributed by atoms with E-state index in [1.807, 2.05) is 20.8 Å². The number of furan rings is 1. The minimum absolute atomic E-state index is 0.00653. The third kappa shape index (κ3) is 6.32. The van der Waals surface area contributed by atoms with E-state index in [4.69, 9.17) is 9.15 Å². The highest BCUT2D eigenvalue weighted by atomic mass is 32.2. The minimum Gasteiger partial charge on any atom is -0.497 e. The van der Waals surface area contributed by atoms with Gasteiger partial charge in [0.05, 0.1) is 37.5 Å². The maximum absolute atomic E-state index is 13.6. The summed E-state index contributed by atoms with van der Waals surface area (Å²) in [6.45, 7) is 5.32. The van der Waals surface area contributed by atoms with Crippen LogP contribution in [-0.4, -0.2) is 49.5 Å². The van der Waals surface area contributed by atoms with Gasteiger partial charge in [-0.05, 0) is 48.7 Å². The van der Waals surface area contributed by atoms with Crippen molar-refractivity contribution >= 4 is 15.9 Å². The van der Waals surface area contributed by atoms with Crippen LogP contribution >= 0.6 is 0 Å². The zero-order valence-corrected chi connectivity index (χ0v) is 19.3. The molecule has 2 atom stereocenters.